The second-order valence-electron chi connectivity index (χ2n) is 17.7. The number of piperidine rings is 1. The van der Waals surface area contributed by atoms with Gasteiger partial charge in [0.15, 0.2) is 5.82 Å². The van der Waals surface area contributed by atoms with Gasteiger partial charge in [0.05, 0.1) is 11.3 Å². The van der Waals surface area contributed by atoms with E-state index in [2.05, 4.69) is 43.3 Å². The lowest BCUT2D eigenvalue weighted by Crippen LogP contribution is -2.52. The van der Waals surface area contributed by atoms with Crippen LogP contribution in [0.5, 0.6) is 0 Å². The van der Waals surface area contributed by atoms with Crippen LogP contribution in [0.1, 0.15) is 69.5 Å². The van der Waals surface area contributed by atoms with Crippen LogP contribution in [-0.4, -0.2) is 114 Å². The highest BCUT2D eigenvalue weighted by Gasteiger charge is 2.44. The lowest BCUT2D eigenvalue weighted by Gasteiger charge is -2.29. The monoisotopic (exact) mass is 894 g/mol. The Bertz CT molecular complexity index is 2860. The standard InChI is InChI=1S/C46H45F3N8O6S/c47-31-12-16-56(24-31)64(62,63)53-37-8-7-36(48)40(41(37)49)42(59)35-22-51-43-34(35)20-29(21-50-43)28-3-1-27(2-4-28)11-15-54-17-13-46(25-54)14-18-55(26-46)32-5-6-33-30(19-32)23-57(45(33)61)38-9-10-39(58)52-44(38)60/h1-8,19-22,31,38,53H,9-18,23-26H2,(H,50,51)(H,52,58,60)/t31-,38?,46?/m1/s1. The third-order valence-corrected chi connectivity index (χ3v) is 15.1. The van der Waals surface area contributed by atoms with E-state index < -0.39 is 57.0 Å². The number of aromatic amines is 1. The molecule has 332 valence electrons. The Hall–Kier alpha value is -6.11. The molecule has 4 fully saturated rings. The number of carbonyl (C=O) groups is 4. The van der Waals surface area contributed by atoms with E-state index in [0.29, 0.717) is 35.1 Å². The number of hydrogen-bond donors (Lipinski definition) is 3. The van der Waals surface area contributed by atoms with Crippen LogP contribution in [0.4, 0.5) is 24.5 Å². The summed E-state index contributed by atoms with van der Waals surface area (Å²) in [6.45, 7) is 4.61. The molecule has 2 unspecified atom stereocenters. The van der Waals surface area contributed by atoms with E-state index in [0.717, 1.165) is 90.8 Å². The summed E-state index contributed by atoms with van der Waals surface area (Å²) in [4.78, 5) is 65.0. The number of imide groups is 1. The number of H-pyrrole nitrogens is 1. The van der Waals surface area contributed by atoms with Crippen LogP contribution in [-0.2, 0) is 32.8 Å². The smallest absolute Gasteiger partial charge is 0.301 e. The fourth-order valence-corrected chi connectivity index (χ4v) is 11.3. The lowest BCUT2D eigenvalue weighted by atomic mass is 9.86. The van der Waals surface area contributed by atoms with Crippen molar-refractivity contribution in [2.45, 2.75) is 57.3 Å². The molecule has 3 N–H and O–H groups in total. The first-order valence-corrected chi connectivity index (χ1v) is 22.9. The van der Waals surface area contributed by atoms with Gasteiger partial charge in [-0.15, -0.1) is 0 Å². The van der Waals surface area contributed by atoms with Gasteiger partial charge in [0.1, 0.15) is 23.7 Å². The Kier molecular flexibility index (Phi) is 10.6. The Balaban J connectivity index is 0.763. The number of likely N-dealkylation sites (tertiary alicyclic amines) is 1. The molecule has 2 aromatic heterocycles. The molecule has 5 aliphatic heterocycles. The quantitative estimate of drug-likeness (QED) is 0.117. The third kappa shape index (κ3) is 7.70. The number of alkyl halides is 1. The zero-order valence-electron chi connectivity index (χ0n) is 34.7. The van der Waals surface area contributed by atoms with E-state index in [1.807, 2.05) is 29.0 Å². The number of carbonyl (C=O) groups excluding carboxylic acids is 4. The molecule has 1 spiro atoms. The van der Waals surface area contributed by atoms with E-state index in [9.17, 15) is 32.0 Å². The van der Waals surface area contributed by atoms with Crippen LogP contribution in [0.15, 0.2) is 73.1 Å². The first-order valence-electron chi connectivity index (χ1n) is 21.5. The number of rotatable bonds is 11. The molecule has 0 bridgehead atoms. The summed E-state index contributed by atoms with van der Waals surface area (Å²) in [7, 11) is -4.36. The summed E-state index contributed by atoms with van der Waals surface area (Å²) < 4.78 is 73.1. The highest BCUT2D eigenvalue weighted by molar-refractivity contribution is 7.90. The highest BCUT2D eigenvalue weighted by Crippen LogP contribution is 2.42. The molecule has 5 aliphatic rings. The van der Waals surface area contributed by atoms with E-state index in [4.69, 9.17) is 0 Å². The molecule has 0 saturated carbocycles. The number of fused-ring (bicyclic) bond motifs is 2. The molecular formula is C46H45F3N8O6S. The zero-order chi connectivity index (χ0) is 44.5. The van der Waals surface area contributed by atoms with E-state index in [-0.39, 0.29) is 48.7 Å². The highest BCUT2D eigenvalue weighted by atomic mass is 32.2. The maximum atomic E-state index is 15.8. The number of nitrogens with zero attached hydrogens (tertiary/aromatic N) is 5. The number of pyridine rings is 1. The number of benzene rings is 3. The Labute approximate surface area is 367 Å². The second-order valence-corrected chi connectivity index (χ2v) is 19.3. The van der Waals surface area contributed by atoms with Gasteiger partial charge in [-0.2, -0.15) is 12.7 Å². The maximum absolute atomic E-state index is 15.8. The number of halogens is 3. The molecule has 5 aromatic rings. The van der Waals surface area contributed by atoms with Crippen molar-refractivity contribution in [3.05, 3.63) is 113 Å². The molecule has 0 aliphatic carbocycles. The fraction of sp³-hybridized carbons (Fsp3) is 0.370. The molecule has 14 nitrogen and oxygen atoms in total. The predicted octanol–water partition coefficient (Wildman–Crippen LogP) is 5.35. The van der Waals surface area contributed by atoms with Crippen molar-refractivity contribution in [3.8, 4) is 11.1 Å². The fourth-order valence-electron chi connectivity index (χ4n) is 10.0. The topological polar surface area (TPSA) is 168 Å². The van der Waals surface area contributed by atoms with Crippen LogP contribution < -0.4 is 14.9 Å². The largest absolute Gasteiger partial charge is 0.371 e. The number of nitrogens with one attached hydrogen (secondary N) is 3. The molecule has 3 aromatic carbocycles. The van der Waals surface area contributed by atoms with Crippen LogP contribution >= 0.6 is 0 Å². The normalized spacial score (nSPS) is 22.9. The second kappa shape index (κ2) is 16.2. The van der Waals surface area contributed by atoms with Crippen molar-refractivity contribution in [2.75, 3.05) is 55.4 Å². The molecular weight excluding hydrogens is 850 g/mol. The van der Waals surface area contributed by atoms with Gasteiger partial charge in [0.2, 0.25) is 17.6 Å². The van der Waals surface area contributed by atoms with Crippen molar-refractivity contribution in [1.29, 1.82) is 0 Å². The van der Waals surface area contributed by atoms with Gasteiger partial charge in [-0.3, -0.25) is 29.2 Å². The van der Waals surface area contributed by atoms with Gasteiger partial charge in [-0.05, 0) is 91.7 Å². The third-order valence-electron chi connectivity index (χ3n) is 13.6. The summed E-state index contributed by atoms with van der Waals surface area (Å²) in [6, 6.07) is 16.8. The zero-order valence-corrected chi connectivity index (χ0v) is 35.5. The van der Waals surface area contributed by atoms with Crippen molar-refractivity contribution in [3.63, 3.8) is 0 Å². The van der Waals surface area contributed by atoms with Crippen LogP contribution in [0.3, 0.4) is 0 Å². The molecule has 4 saturated heterocycles. The van der Waals surface area contributed by atoms with Crippen LogP contribution in [0, 0.1) is 17.0 Å². The van der Waals surface area contributed by atoms with E-state index in [1.165, 1.54) is 6.20 Å². The van der Waals surface area contributed by atoms with Crippen molar-refractivity contribution in [1.82, 2.24) is 29.4 Å². The van der Waals surface area contributed by atoms with Gasteiger partial charge >= 0.3 is 10.2 Å². The van der Waals surface area contributed by atoms with E-state index >= 15 is 8.78 Å². The molecule has 18 heteroatoms. The number of amides is 3. The first-order chi connectivity index (χ1) is 30.7. The minimum atomic E-state index is -4.36. The Morgan fingerprint density at radius 1 is 0.938 bits per heavy atom. The first kappa shape index (κ1) is 41.9. The predicted molar refractivity (Wildman–Crippen MR) is 231 cm³/mol. The van der Waals surface area contributed by atoms with Gasteiger partial charge in [-0.1, -0.05) is 24.3 Å². The number of anilines is 2. The van der Waals surface area contributed by atoms with Gasteiger partial charge < -0.3 is 19.7 Å². The summed E-state index contributed by atoms with van der Waals surface area (Å²) in [6.07, 6.45) is 5.18. The van der Waals surface area contributed by atoms with Crippen molar-refractivity contribution < 1.29 is 40.8 Å². The minimum Gasteiger partial charge on any atom is -0.371 e. The summed E-state index contributed by atoms with van der Waals surface area (Å²) >= 11 is 0. The molecule has 64 heavy (non-hydrogen) atoms. The minimum absolute atomic E-state index is 0.00245. The number of aromatic nitrogens is 2. The molecule has 3 atom stereocenters. The SMILES string of the molecule is O=C1CCC(N2Cc3cc(N4CCC5(CCN(CCc6ccc(-c7cnc8[nH]cc(C(=O)c9c(F)ccc(NS(=O)(=O)N%10CC[C@@H](F)C%10)c9F)c8c7)cc6)C5)C4)ccc3C2=O)C(=O)N1. The van der Waals surface area contributed by atoms with Gasteiger partial charge in [0, 0.05) is 97.8 Å². The number of hydrogen-bond acceptors (Lipinski definition) is 9. The van der Waals surface area contributed by atoms with Gasteiger partial charge in [-0.25, -0.2) is 18.2 Å². The average Bonchev–Trinajstić information content (AvgIpc) is 4.13. The van der Waals surface area contributed by atoms with Crippen LogP contribution in [0.2, 0.25) is 0 Å². The summed E-state index contributed by atoms with van der Waals surface area (Å²) in [5.41, 5.74) is 4.15. The van der Waals surface area contributed by atoms with Crippen molar-refractivity contribution >= 4 is 56.1 Å². The summed E-state index contributed by atoms with van der Waals surface area (Å²) in [5, 5.41) is 2.69. The van der Waals surface area contributed by atoms with Crippen molar-refractivity contribution in [2.24, 2.45) is 5.41 Å². The molecule has 0 radical (unpaired) electrons. The molecule has 3 amide bonds. The van der Waals surface area contributed by atoms with Crippen LogP contribution in [0.25, 0.3) is 22.2 Å². The molecule has 7 heterocycles. The summed E-state index contributed by atoms with van der Waals surface area (Å²) in [5.74, 6) is -4.44. The molecule has 10 rings (SSSR count). The van der Waals surface area contributed by atoms with E-state index in [1.54, 1.807) is 17.2 Å². The lowest BCUT2D eigenvalue weighted by molar-refractivity contribution is -0.136. The maximum Gasteiger partial charge on any atom is 0.301 e. The Morgan fingerprint density at radius 2 is 1.75 bits per heavy atom. The number of ketones is 1. The Morgan fingerprint density at radius 3 is 2.53 bits per heavy atom. The average molecular weight is 895 g/mol. The van der Waals surface area contributed by atoms with Gasteiger partial charge in [0.25, 0.3) is 5.91 Å².